The lowest BCUT2D eigenvalue weighted by atomic mass is 9.96. The van der Waals surface area contributed by atoms with Crippen molar-refractivity contribution in [3.8, 4) is 0 Å². The summed E-state index contributed by atoms with van der Waals surface area (Å²) in [4.78, 5) is 0. The summed E-state index contributed by atoms with van der Waals surface area (Å²) in [5.74, 6) is 0. The first-order chi connectivity index (χ1) is 32.1. The molecule has 0 aliphatic carbocycles. The van der Waals surface area contributed by atoms with Crippen molar-refractivity contribution >= 4 is 0 Å². The molecule has 0 spiro atoms. The Morgan fingerprint density at radius 2 is 0.677 bits per heavy atom. The molecule has 2 saturated heterocycles. The van der Waals surface area contributed by atoms with Crippen LogP contribution in [0.1, 0.15) is 33.4 Å². The average molecular weight is 883 g/mol. The van der Waals surface area contributed by atoms with E-state index in [-0.39, 0.29) is 46.2 Å². The van der Waals surface area contributed by atoms with Gasteiger partial charge in [-0.15, -0.1) is 0 Å². The third-order valence-corrected chi connectivity index (χ3v) is 11.4. The summed E-state index contributed by atoms with van der Waals surface area (Å²) in [6.45, 7) is 1.34. The maximum Gasteiger partial charge on any atom is 0.187 e. The van der Waals surface area contributed by atoms with E-state index in [1.807, 2.05) is 182 Å². The highest BCUT2D eigenvalue weighted by atomic mass is 16.7. The van der Waals surface area contributed by atoms with E-state index in [1.54, 1.807) is 0 Å². The van der Waals surface area contributed by atoms with E-state index in [0.717, 1.165) is 33.4 Å². The summed E-state index contributed by atoms with van der Waals surface area (Å²) in [5, 5.41) is 24.0. The van der Waals surface area contributed by atoms with Crippen molar-refractivity contribution < 1.29 is 52.8 Å². The van der Waals surface area contributed by atoms with Gasteiger partial charge in [0.25, 0.3) is 0 Å². The van der Waals surface area contributed by atoms with Crippen LogP contribution >= 0.6 is 0 Å². The minimum absolute atomic E-state index is 0.0206. The van der Waals surface area contributed by atoms with E-state index in [9.17, 15) is 10.2 Å². The van der Waals surface area contributed by atoms with Crippen molar-refractivity contribution in [2.75, 3.05) is 13.2 Å². The molecule has 0 bridgehead atoms. The van der Waals surface area contributed by atoms with Crippen LogP contribution in [-0.2, 0) is 82.3 Å². The normalized spacial score (nSPS) is 25.6. The highest BCUT2D eigenvalue weighted by Gasteiger charge is 2.53. The first kappa shape index (κ1) is 46.4. The zero-order valence-electron chi connectivity index (χ0n) is 36.3. The maximum atomic E-state index is 12.2. The van der Waals surface area contributed by atoms with Crippen molar-refractivity contribution in [1.29, 1.82) is 0 Å². The number of aliphatic hydroxyl groups excluding tert-OH is 2. The summed E-state index contributed by atoms with van der Waals surface area (Å²) in [6.07, 6.45) is -10.4. The average Bonchev–Trinajstić information content (AvgIpc) is 3.35. The zero-order chi connectivity index (χ0) is 44.5. The Morgan fingerprint density at radius 3 is 1.09 bits per heavy atom. The molecule has 11 nitrogen and oxygen atoms in total. The fourth-order valence-electron chi connectivity index (χ4n) is 8.02. The van der Waals surface area contributed by atoms with Crippen LogP contribution in [0.3, 0.4) is 0 Å². The van der Waals surface area contributed by atoms with E-state index >= 15 is 0 Å². The monoisotopic (exact) mass is 882 g/mol. The van der Waals surface area contributed by atoms with Gasteiger partial charge in [-0.25, -0.2) is 0 Å². The van der Waals surface area contributed by atoms with E-state index in [4.69, 9.17) is 42.6 Å². The lowest BCUT2D eigenvalue weighted by Crippen LogP contribution is -2.66. The van der Waals surface area contributed by atoms with Crippen LogP contribution in [0.25, 0.3) is 0 Å². The van der Waals surface area contributed by atoms with Crippen LogP contribution in [-0.4, -0.2) is 84.8 Å². The predicted molar refractivity (Wildman–Crippen MR) is 243 cm³/mol. The summed E-state index contributed by atoms with van der Waals surface area (Å²) < 4.78 is 59.6. The fraction of sp³-hybridized carbons (Fsp3) is 0.333. The second-order valence-corrected chi connectivity index (χ2v) is 16.2. The van der Waals surface area contributed by atoms with Crippen LogP contribution in [0.4, 0.5) is 0 Å². The summed E-state index contributed by atoms with van der Waals surface area (Å²) >= 11 is 0. The van der Waals surface area contributed by atoms with Gasteiger partial charge < -0.3 is 52.8 Å². The standard InChI is InChI=1S/C54H58O11/c55-47-45(37-57-31-39-19-7-1-8-20-39)64-54(52(62-36-44-29-17-6-18-30-44)49(47)59-33-41-23-11-3-12-24-41)65-48-46(38-58-32-40-21-9-2-10-22-40)63-53(56)51(61-35-43-27-15-5-16-28-43)50(48)60-34-42-25-13-4-14-26-42/h1-30,45-56H,31-38H2/t45-,46-,47-,48-,49+,50+,51+,52+,53+,54-/m1/s1. The van der Waals surface area contributed by atoms with Crippen LogP contribution in [0.2, 0.25) is 0 Å². The van der Waals surface area contributed by atoms with Gasteiger partial charge in [0.15, 0.2) is 12.6 Å². The molecular formula is C54H58O11. The van der Waals surface area contributed by atoms with Gasteiger partial charge in [-0.2, -0.15) is 0 Å². The Hall–Kier alpha value is -5.12. The highest BCUT2D eigenvalue weighted by Crippen LogP contribution is 2.35. The first-order valence-electron chi connectivity index (χ1n) is 22.3. The number of aliphatic hydroxyl groups is 2. The molecule has 6 aromatic rings. The molecule has 2 fully saturated rings. The highest BCUT2D eigenvalue weighted by molar-refractivity contribution is 5.18. The van der Waals surface area contributed by atoms with Crippen molar-refractivity contribution in [1.82, 2.24) is 0 Å². The molecule has 2 aliphatic rings. The number of ether oxygens (including phenoxy) is 9. The minimum atomic E-state index is -1.41. The molecule has 10 atom stereocenters. The molecule has 11 heteroatoms. The Kier molecular flexibility index (Phi) is 17.4. The predicted octanol–water partition coefficient (Wildman–Crippen LogP) is 7.95. The molecule has 340 valence electrons. The molecule has 0 unspecified atom stereocenters. The molecule has 0 amide bonds. The second-order valence-electron chi connectivity index (χ2n) is 16.2. The van der Waals surface area contributed by atoms with Gasteiger partial charge in [-0.1, -0.05) is 182 Å². The lowest BCUT2D eigenvalue weighted by molar-refractivity contribution is -0.371. The van der Waals surface area contributed by atoms with Crippen LogP contribution < -0.4 is 0 Å². The number of hydrogen-bond donors (Lipinski definition) is 2. The summed E-state index contributed by atoms with van der Waals surface area (Å²) in [5.41, 5.74) is 5.59. The molecule has 2 heterocycles. The fourth-order valence-corrected chi connectivity index (χ4v) is 8.02. The summed E-state index contributed by atoms with van der Waals surface area (Å²) in [7, 11) is 0. The maximum absolute atomic E-state index is 12.2. The third kappa shape index (κ3) is 13.5. The van der Waals surface area contributed by atoms with Gasteiger partial charge >= 0.3 is 0 Å². The largest absolute Gasteiger partial charge is 0.387 e. The van der Waals surface area contributed by atoms with E-state index in [1.165, 1.54) is 0 Å². The molecule has 2 N–H and O–H groups in total. The molecule has 0 radical (unpaired) electrons. The lowest BCUT2D eigenvalue weighted by Gasteiger charge is -2.49. The molecule has 6 aromatic carbocycles. The molecule has 65 heavy (non-hydrogen) atoms. The Morgan fingerprint density at radius 1 is 0.338 bits per heavy atom. The van der Waals surface area contributed by atoms with Gasteiger partial charge in [-0.05, 0) is 33.4 Å². The van der Waals surface area contributed by atoms with Crippen LogP contribution in [0.5, 0.6) is 0 Å². The quantitative estimate of drug-likeness (QED) is 0.0691. The van der Waals surface area contributed by atoms with Crippen LogP contribution in [0.15, 0.2) is 182 Å². The van der Waals surface area contributed by atoms with E-state index in [2.05, 4.69) is 0 Å². The third-order valence-electron chi connectivity index (χ3n) is 11.4. The van der Waals surface area contributed by atoms with Gasteiger partial charge in [0.05, 0.1) is 52.9 Å². The van der Waals surface area contributed by atoms with Crippen molar-refractivity contribution in [2.24, 2.45) is 0 Å². The van der Waals surface area contributed by atoms with Crippen molar-refractivity contribution in [3.05, 3.63) is 215 Å². The zero-order valence-corrected chi connectivity index (χ0v) is 36.3. The number of hydrogen-bond acceptors (Lipinski definition) is 11. The Labute approximate surface area is 381 Å². The first-order valence-corrected chi connectivity index (χ1v) is 22.3. The Bertz CT molecular complexity index is 2210. The van der Waals surface area contributed by atoms with Gasteiger partial charge in [-0.3, -0.25) is 0 Å². The topological polar surface area (TPSA) is 124 Å². The van der Waals surface area contributed by atoms with Gasteiger partial charge in [0.1, 0.15) is 48.8 Å². The van der Waals surface area contributed by atoms with E-state index in [0.29, 0.717) is 6.61 Å². The second kappa shape index (κ2) is 24.4. The molecule has 0 saturated carbocycles. The molecule has 2 aliphatic heterocycles. The number of rotatable bonds is 22. The van der Waals surface area contributed by atoms with Gasteiger partial charge in [0, 0.05) is 0 Å². The minimum Gasteiger partial charge on any atom is -0.387 e. The van der Waals surface area contributed by atoms with Crippen molar-refractivity contribution in [3.63, 3.8) is 0 Å². The van der Waals surface area contributed by atoms with Gasteiger partial charge in [0.2, 0.25) is 0 Å². The Balaban J connectivity index is 1.14. The van der Waals surface area contributed by atoms with Crippen molar-refractivity contribution in [2.45, 2.75) is 101 Å². The molecule has 8 rings (SSSR count). The molecular weight excluding hydrogens is 825 g/mol. The SMILES string of the molecule is O[C@H]1[C@H](OCc2ccccc2)[C@H](OCc2ccccc2)[C@@H](O[C@H]2[C@H](OCc3ccccc3)[C@H](OCc3ccccc3)[C@@H](O)O[C@@H]2COCc2ccccc2)O[C@@H]1COCc1ccccc1. The summed E-state index contributed by atoms with van der Waals surface area (Å²) in [6, 6.07) is 58.6. The molecule has 0 aromatic heterocycles. The smallest absolute Gasteiger partial charge is 0.187 e. The number of benzene rings is 6. The van der Waals surface area contributed by atoms with Crippen LogP contribution in [0, 0.1) is 0 Å². The van der Waals surface area contributed by atoms with E-state index < -0.39 is 61.4 Å².